The van der Waals surface area contributed by atoms with E-state index in [1.54, 1.807) is 0 Å². The zero-order valence-electron chi connectivity index (χ0n) is 11.8. The lowest BCUT2D eigenvalue weighted by atomic mass is 9.85. The SMILES string of the molecule is O=C(O)C1CC2CCCCC2N1Cc1nc(C(F)(F)F)cs1. The smallest absolute Gasteiger partial charge is 0.434 e. The molecule has 0 radical (unpaired) electrons. The summed E-state index contributed by atoms with van der Waals surface area (Å²) in [5.74, 6) is -0.543. The molecule has 8 heteroatoms. The van der Waals surface area contributed by atoms with Gasteiger partial charge in [0, 0.05) is 11.4 Å². The molecule has 1 aromatic rings. The van der Waals surface area contributed by atoms with Crippen LogP contribution in [0, 0.1) is 5.92 Å². The number of fused-ring (bicyclic) bond motifs is 1. The van der Waals surface area contributed by atoms with Crippen LogP contribution in [0.25, 0.3) is 0 Å². The third-order valence-corrected chi connectivity index (χ3v) is 5.50. The van der Waals surface area contributed by atoms with E-state index in [1.165, 1.54) is 0 Å². The van der Waals surface area contributed by atoms with Crippen molar-refractivity contribution in [2.45, 2.75) is 56.9 Å². The Labute approximate surface area is 130 Å². The van der Waals surface area contributed by atoms with Crippen molar-refractivity contribution in [2.24, 2.45) is 5.92 Å². The molecule has 0 amide bonds. The van der Waals surface area contributed by atoms with E-state index in [-0.39, 0.29) is 12.6 Å². The van der Waals surface area contributed by atoms with E-state index in [9.17, 15) is 23.1 Å². The second-order valence-corrected chi connectivity index (χ2v) is 6.94. The summed E-state index contributed by atoms with van der Waals surface area (Å²) < 4.78 is 37.9. The number of rotatable bonds is 3. The number of carboxylic acids is 1. The van der Waals surface area contributed by atoms with Gasteiger partial charge in [0.15, 0.2) is 5.69 Å². The van der Waals surface area contributed by atoms with Crippen molar-refractivity contribution in [3.63, 3.8) is 0 Å². The van der Waals surface area contributed by atoms with E-state index in [0.29, 0.717) is 17.3 Å². The van der Waals surface area contributed by atoms with Gasteiger partial charge in [-0.2, -0.15) is 13.2 Å². The topological polar surface area (TPSA) is 53.4 Å². The number of thiazole rings is 1. The number of hydrogen-bond acceptors (Lipinski definition) is 4. The fourth-order valence-electron chi connectivity index (χ4n) is 3.69. The predicted octanol–water partition coefficient (Wildman–Crippen LogP) is 3.38. The summed E-state index contributed by atoms with van der Waals surface area (Å²) in [4.78, 5) is 17.0. The van der Waals surface area contributed by atoms with Gasteiger partial charge in [-0.15, -0.1) is 11.3 Å². The molecule has 3 unspecified atom stereocenters. The number of nitrogens with zero attached hydrogens (tertiary/aromatic N) is 2. The molecule has 4 nitrogen and oxygen atoms in total. The maximum Gasteiger partial charge on any atom is 0.434 e. The molecule has 22 heavy (non-hydrogen) atoms. The van der Waals surface area contributed by atoms with E-state index >= 15 is 0 Å². The first-order chi connectivity index (χ1) is 10.4. The Hall–Kier alpha value is -1.15. The van der Waals surface area contributed by atoms with E-state index in [0.717, 1.165) is 42.4 Å². The van der Waals surface area contributed by atoms with Crippen LogP contribution in [0.5, 0.6) is 0 Å². The Morgan fingerprint density at radius 2 is 2.14 bits per heavy atom. The fourth-order valence-corrected chi connectivity index (χ4v) is 4.50. The Morgan fingerprint density at radius 1 is 1.41 bits per heavy atom. The van der Waals surface area contributed by atoms with Crippen molar-refractivity contribution in [1.82, 2.24) is 9.88 Å². The van der Waals surface area contributed by atoms with Gasteiger partial charge in [0.05, 0.1) is 6.54 Å². The number of alkyl halides is 3. The first-order valence-electron chi connectivity index (χ1n) is 7.36. The molecule has 2 fully saturated rings. The summed E-state index contributed by atoms with van der Waals surface area (Å²) in [6.07, 6.45) is 0.242. The first kappa shape index (κ1) is 15.7. The molecule has 2 heterocycles. The maximum absolute atomic E-state index is 12.6. The molecular formula is C14H17F3N2O2S. The van der Waals surface area contributed by atoms with Gasteiger partial charge in [-0.3, -0.25) is 9.69 Å². The number of carbonyl (C=O) groups is 1. The molecule has 3 rings (SSSR count). The summed E-state index contributed by atoms with van der Waals surface area (Å²) >= 11 is 0.951. The van der Waals surface area contributed by atoms with Crippen molar-refractivity contribution in [1.29, 1.82) is 0 Å². The van der Waals surface area contributed by atoms with Gasteiger partial charge in [-0.05, 0) is 25.2 Å². The molecule has 1 aliphatic carbocycles. The van der Waals surface area contributed by atoms with Crippen LogP contribution in [0.1, 0.15) is 42.8 Å². The highest BCUT2D eigenvalue weighted by molar-refractivity contribution is 7.09. The number of aliphatic carboxylic acids is 1. The standard InChI is InChI=1S/C14H17F3N2O2S/c15-14(16,17)11-7-22-12(18-11)6-19-9-4-2-1-3-8(9)5-10(19)13(20)21/h7-10H,1-6H2,(H,20,21). The van der Waals surface area contributed by atoms with Crippen LogP contribution in [0.3, 0.4) is 0 Å². The van der Waals surface area contributed by atoms with Gasteiger partial charge in [0.1, 0.15) is 11.0 Å². The second-order valence-electron chi connectivity index (χ2n) is 6.00. The monoisotopic (exact) mass is 334 g/mol. The first-order valence-corrected chi connectivity index (χ1v) is 8.24. The number of hydrogen-bond donors (Lipinski definition) is 1. The van der Waals surface area contributed by atoms with Gasteiger partial charge in [-0.1, -0.05) is 12.8 Å². The van der Waals surface area contributed by atoms with Gasteiger partial charge in [0.2, 0.25) is 0 Å². The highest BCUT2D eigenvalue weighted by Gasteiger charge is 2.45. The van der Waals surface area contributed by atoms with Crippen molar-refractivity contribution < 1.29 is 23.1 Å². The molecule has 0 aromatic carbocycles. The molecule has 1 saturated carbocycles. The zero-order chi connectivity index (χ0) is 15.9. The lowest BCUT2D eigenvalue weighted by Crippen LogP contribution is -2.41. The largest absolute Gasteiger partial charge is 0.480 e. The second kappa shape index (κ2) is 5.81. The minimum Gasteiger partial charge on any atom is -0.480 e. The van der Waals surface area contributed by atoms with Crippen molar-refractivity contribution in [2.75, 3.05) is 0 Å². The van der Waals surface area contributed by atoms with Crippen LogP contribution >= 0.6 is 11.3 Å². The predicted molar refractivity (Wildman–Crippen MR) is 74.4 cm³/mol. The number of likely N-dealkylation sites (tertiary alicyclic amines) is 1. The van der Waals surface area contributed by atoms with E-state index < -0.39 is 23.9 Å². The van der Waals surface area contributed by atoms with Crippen LogP contribution in [0.15, 0.2) is 5.38 Å². The highest BCUT2D eigenvalue weighted by atomic mass is 32.1. The fraction of sp³-hybridized carbons (Fsp3) is 0.714. The summed E-state index contributed by atoms with van der Waals surface area (Å²) in [6.45, 7) is 0.193. The van der Waals surface area contributed by atoms with Crippen molar-refractivity contribution in [3.8, 4) is 0 Å². The molecule has 3 atom stereocenters. The van der Waals surface area contributed by atoms with Crippen LogP contribution in [-0.4, -0.2) is 33.0 Å². The van der Waals surface area contributed by atoms with Gasteiger partial charge in [0.25, 0.3) is 0 Å². The van der Waals surface area contributed by atoms with Gasteiger partial charge < -0.3 is 5.11 Å². The van der Waals surface area contributed by atoms with E-state index in [1.807, 2.05) is 4.90 Å². The summed E-state index contributed by atoms with van der Waals surface area (Å²) in [5.41, 5.74) is -0.890. The lowest BCUT2D eigenvalue weighted by molar-refractivity contribution is -0.143. The Bertz CT molecular complexity index is 561. The Kier molecular flexibility index (Phi) is 4.15. The molecule has 2 aliphatic rings. The van der Waals surface area contributed by atoms with Gasteiger partial charge >= 0.3 is 12.1 Å². The molecule has 1 aromatic heterocycles. The van der Waals surface area contributed by atoms with E-state index in [2.05, 4.69) is 4.98 Å². The maximum atomic E-state index is 12.6. The van der Waals surface area contributed by atoms with Crippen LogP contribution < -0.4 is 0 Å². The van der Waals surface area contributed by atoms with Crippen LogP contribution in [0.4, 0.5) is 13.2 Å². The molecule has 0 bridgehead atoms. The molecular weight excluding hydrogens is 317 g/mol. The number of aromatic nitrogens is 1. The highest BCUT2D eigenvalue weighted by Crippen LogP contribution is 2.41. The summed E-state index contributed by atoms with van der Waals surface area (Å²) in [7, 11) is 0. The minimum absolute atomic E-state index is 0.160. The third-order valence-electron chi connectivity index (χ3n) is 4.67. The molecule has 1 aliphatic heterocycles. The van der Waals surface area contributed by atoms with Crippen molar-refractivity contribution in [3.05, 3.63) is 16.1 Å². The van der Waals surface area contributed by atoms with Crippen LogP contribution in [-0.2, 0) is 17.5 Å². The normalized spacial score (nSPS) is 29.5. The minimum atomic E-state index is -4.45. The third kappa shape index (κ3) is 2.99. The summed E-state index contributed by atoms with van der Waals surface area (Å²) in [6, 6.07) is -0.445. The quantitative estimate of drug-likeness (QED) is 0.921. The lowest BCUT2D eigenvalue weighted by Gasteiger charge is -2.32. The van der Waals surface area contributed by atoms with Crippen LogP contribution in [0.2, 0.25) is 0 Å². The van der Waals surface area contributed by atoms with Crippen molar-refractivity contribution >= 4 is 17.3 Å². The van der Waals surface area contributed by atoms with Gasteiger partial charge in [-0.25, -0.2) is 4.98 Å². The van der Waals surface area contributed by atoms with E-state index in [4.69, 9.17) is 0 Å². The molecule has 1 saturated heterocycles. The molecule has 0 spiro atoms. The average molecular weight is 334 g/mol. The zero-order valence-corrected chi connectivity index (χ0v) is 12.7. The number of halogens is 3. The average Bonchev–Trinajstić information content (AvgIpc) is 3.04. The Balaban J connectivity index is 1.79. The molecule has 122 valence electrons. The molecule has 1 N–H and O–H groups in total. The number of carboxylic acid groups (broad SMARTS) is 1. The summed E-state index contributed by atoms with van der Waals surface area (Å²) in [5, 5.41) is 10.7. The Morgan fingerprint density at radius 3 is 2.77 bits per heavy atom.